The van der Waals surface area contributed by atoms with E-state index < -0.39 is 5.95 Å². The summed E-state index contributed by atoms with van der Waals surface area (Å²) in [6, 6.07) is 10.6. The van der Waals surface area contributed by atoms with Crippen molar-refractivity contribution < 1.29 is 4.39 Å². The molecule has 0 saturated heterocycles. The van der Waals surface area contributed by atoms with Gasteiger partial charge < -0.3 is 11.1 Å². The molecule has 1 aromatic carbocycles. The summed E-state index contributed by atoms with van der Waals surface area (Å²) in [5, 5.41) is 3.12. The summed E-state index contributed by atoms with van der Waals surface area (Å²) in [7, 11) is 0. The van der Waals surface area contributed by atoms with E-state index in [1.165, 1.54) is 12.3 Å². The van der Waals surface area contributed by atoms with Crippen molar-refractivity contribution in [1.29, 1.82) is 0 Å². The molecule has 0 radical (unpaired) electrons. The zero-order valence-electron chi connectivity index (χ0n) is 8.65. The maximum Gasteiger partial charge on any atom is 0.212 e. The number of nitrogens with one attached hydrogen (secondary N) is 1. The van der Waals surface area contributed by atoms with Gasteiger partial charge in [-0.25, -0.2) is 4.98 Å². The molecule has 1 heterocycles. The van der Waals surface area contributed by atoms with Gasteiger partial charge in [0.1, 0.15) is 0 Å². The van der Waals surface area contributed by atoms with E-state index in [0.29, 0.717) is 6.54 Å². The van der Waals surface area contributed by atoms with E-state index in [2.05, 4.69) is 10.3 Å². The van der Waals surface area contributed by atoms with Gasteiger partial charge in [-0.1, -0.05) is 18.2 Å². The molecule has 0 atom stereocenters. The van der Waals surface area contributed by atoms with E-state index in [0.717, 1.165) is 16.9 Å². The maximum atomic E-state index is 12.6. The highest BCUT2D eigenvalue weighted by Crippen LogP contribution is 2.13. The molecular formula is C12H12FN3. The first kappa shape index (κ1) is 10.4. The van der Waals surface area contributed by atoms with Crippen LogP contribution in [0.4, 0.5) is 15.8 Å². The number of para-hydroxylation sites is 1. The van der Waals surface area contributed by atoms with Crippen molar-refractivity contribution in [3.8, 4) is 0 Å². The smallest absolute Gasteiger partial charge is 0.212 e. The fourth-order valence-electron chi connectivity index (χ4n) is 1.37. The third kappa shape index (κ3) is 2.48. The van der Waals surface area contributed by atoms with Gasteiger partial charge in [0.15, 0.2) is 0 Å². The number of hydrogen-bond acceptors (Lipinski definition) is 3. The largest absolute Gasteiger partial charge is 0.398 e. The lowest BCUT2D eigenvalue weighted by molar-refractivity contribution is 0.584. The molecule has 82 valence electrons. The lowest BCUT2D eigenvalue weighted by Crippen LogP contribution is -2.03. The standard InChI is InChI=1S/C12H12FN3/c13-12-6-5-10(8-16-12)15-7-9-3-1-2-4-11(9)14/h1-6,8,15H,7,14H2. The van der Waals surface area contributed by atoms with Crippen molar-refractivity contribution in [3.63, 3.8) is 0 Å². The molecule has 0 spiro atoms. The molecule has 1 aromatic heterocycles. The number of nitrogen functional groups attached to an aromatic ring is 1. The van der Waals surface area contributed by atoms with Crippen LogP contribution in [0.25, 0.3) is 0 Å². The SMILES string of the molecule is Nc1ccccc1CNc1ccc(F)nc1. The van der Waals surface area contributed by atoms with Crippen LogP contribution >= 0.6 is 0 Å². The van der Waals surface area contributed by atoms with Crippen LogP contribution in [0, 0.1) is 5.95 Å². The summed E-state index contributed by atoms with van der Waals surface area (Å²) in [4.78, 5) is 3.55. The van der Waals surface area contributed by atoms with Crippen LogP contribution in [0.2, 0.25) is 0 Å². The van der Waals surface area contributed by atoms with E-state index in [1.54, 1.807) is 6.07 Å². The molecule has 0 bridgehead atoms. The number of anilines is 2. The number of rotatable bonds is 3. The minimum Gasteiger partial charge on any atom is -0.398 e. The second-order valence-electron chi connectivity index (χ2n) is 3.42. The van der Waals surface area contributed by atoms with Crippen LogP contribution in [-0.4, -0.2) is 4.98 Å². The number of halogens is 1. The monoisotopic (exact) mass is 217 g/mol. The van der Waals surface area contributed by atoms with E-state index >= 15 is 0 Å². The molecule has 3 nitrogen and oxygen atoms in total. The van der Waals surface area contributed by atoms with Crippen molar-refractivity contribution in [2.24, 2.45) is 0 Å². The van der Waals surface area contributed by atoms with Crippen molar-refractivity contribution in [1.82, 2.24) is 4.98 Å². The van der Waals surface area contributed by atoms with Gasteiger partial charge in [0.05, 0.1) is 11.9 Å². The summed E-state index contributed by atoms with van der Waals surface area (Å²) < 4.78 is 12.6. The van der Waals surface area contributed by atoms with E-state index in [4.69, 9.17) is 5.73 Å². The molecule has 0 saturated carbocycles. The molecule has 2 rings (SSSR count). The molecule has 3 N–H and O–H groups in total. The van der Waals surface area contributed by atoms with Crippen molar-refractivity contribution in [2.45, 2.75) is 6.54 Å². The molecular weight excluding hydrogens is 205 g/mol. The number of hydrogen-bond donors (Lipinski definition) is 2. The van der Waals surface area contributed by atoms with Crippen LogP contribution in [-0.2, 0) is 6.54 Å². The minimum absolute atomic E-state index is 0.482. The normalized spacial score (nSPS) is 10.1. The lowest BCUT2D eigenvalue weighted by Gasteiger charge is -2.07. The Balaban J connectivity index is 2.02. The number of pyridine rings is 1. The minimum atomic E-state index is -0.482. The van der Waals surface area contributed by atoms with Gasteiger partial charge in [-0.2, -0.15) is 4.39 Å². The number of nitrogens with zero attached hydrogens (tertiary/aromatic N) is 1. The van der Waals surface area contributed by atoms with Crippen LogP contribution in [0.3, 0.4) is 0 Å². The first-order valence-electron chi connectivity index (χ1n) is 4.94. The average molecular weight is 217 g/mol. The Kier molecular flexibility index (Phi) is 3.00. The Labute approximate surface area is 93.1 Å². The zero-order valence-corrected chi connectivity index (χ0v) is 8.65. The predicted octanol–water partition coefficient (Wildman–Crippen LogP) is 2.42. The highest BCUT2D eigenvalue weighted by atomic mass is 19.1. The number of nitrogens with two attached hydrogens (primary N) is 1. The van der Waals surface area contributed by atoms with Gasteiger partial charge in [0, 0.05) is 12.2 Å². The highest BCUT2D eigenvalue weighted by molar-refractivity contribution is 5.49. The number of benzene rings is 1. The topological polar surface area (TPSA) is 50.9 Å². The Bertz CT molecular complexity index is 468. The summed E-state index contributed by atoms with van der Waals surface area (Å²) >= 11 is 0. The van der Waals surface area contributed by atoms with Gasteiger partial charge in [-0.05, 0) is 23.8 Å². The molecule has 16 heavy (non-hydrogen) atoms. The molecule has 4 heteroatoms. The van der Waals surface area contributed by atoms with Crippen LogP contribution in [0.15, 0.2) is 42.6 Å². The second-order valence-corrected chi connectivity index (χ2v) is 3.42. The Morgan fingerprint density at radius 2 is 2.00 bits per heavy atom. The van der Waals surface area contributed by atoms with Crippen molar-refractivity contribution >= 4 is 11.4 Å². The molecule has 0 fully saturated rings. The van der Waals surface area contributed by atoms with Gasteiger partial charge in [0.25, 0.3) is 0 Å². The van der Waals surface area contributed by atoms with Gasteiger partial charge in [-0.15, -0.1) is 0 Å². The second kappa shape index (κ2) is 4.61. The molecule has 0 unspecified atom stereocenters. The van der Waals surface area contributed by atoms with E-state index in [-0.39, 0.29) is 0 Å². The molecule has 0 amide bonds. The van der Waals surface area contributed by atoms with E-state index in [9.17, 15) is 4.39 Å². The van der Waals surface area contributed by atoms with Crippen molar-refractivity contribution in [2.75, 3.05) is 11.1 Å². The Morgan fingerprint density at radius 3 is 2.69 bits per heavy atom. The summed E-state index contributed by atoms with van der Waals surface area (Å²) in [6.45, 7) is 0.597. The van der Waals surface area contributed by atoms with Gasteiger partial charge in [0.2, 0.25) is 5.95 Å². The number of aromatic nitrogens is 1. The highest BCUT2D eigenvalue weighted by Gasteiger charge is 1.98. The van der Waals surface area contributed by atoms with Gasteiger partial charge >= 0.3 is 0 Å². The van der Waals surface area contributed by atoms with E-state index in [1.807, 2.05) is 24.3 Å². The fourth-order valence-corrected chi connectivity index (χ4v) is 1.37. The Hall–Kier alpha value is -2.10. The Morgan fingerprint density at radius 1 is 1.19 bits per heavy atom. The summed E-state index contributed by atoms with van der Waals surface area (Å²) in [5.41, 5.74) is 8.31. The molecule has 0 aliphatic heterocycles. The van der Waals surface area contributed by atoms with Crippen LogP contribution in [0.5, 0.6) is 0 Å². The maximum absolute atomic E-state index is 12.6. The average Bonchev–Trinajstić information content (AvgIpc) is 2.30. The predicted molar refractivity (Wildman–Crippen MR) is 62.4 cm³/mol. The van der Waals surface area contributed by atoms with Crippen LogP contribution < -0.4 is 11.1 Å². The quantitative estimate of drug-likeness (QED) is 0.613. The molecule has 0 aliphatic carbocycles. The third-order valence-corrected chi connectivity index (χ3v) is 2.27. The lowest BCUT2D eigenvalue weighted by atomic mass is 10.2. The van der Waals surface area contributed by atoms with Crippen LogP contribution in [0.1, 0.15) is 5.56 Å². The summed E-state index contributed by atoms with van der Waals surface area (Å²) in [6.07, 6.45) is 1.45. The first-order valence-corrected chi connectivity index (χ1v) is 4.94. The fraction of sp³-hybridized carbons (Fsp3) is 0.0833. The first-order chi connectivity index (χ1) is 7.75. The molecule has 2 aromatic rings. The molecule has 0 aliphatic rings. The van der Waals surface area contributed by atoms with Gasteiger partial charge in [-0.3, -0.25) is 0 Å². The zero-order chi connectivity index (χ0) is 11.4. The summed E-state index contributed by atoms with van der Waals surface area (Å²) in [5.74, 6) is -0.482. The van der Waals surface area contributed by atoms with Crippen molar-refractivity contribution in [3.05, 3.63) is 54.1 Å². The third-order valence-electron chi connectivity index (χ3n) is 2.27.